The van der Waals surface area contributed by atoms with Crippen molar-refractivity contribution in [2.24, 2.45) is 0 Å². The van der Waals surface area contributed by atoms with Gasteiger partial charge in [-0.3, -0.25) is 0 Å². The number of halogens is 1. The van der Waals surface area contributed by atoms with Gasteiger partial charge in [-0.05, 0) is 12.5 Å². The maximum Gasteiger partial charge on any atom is 0.134 e. The van der Waals surface area contributed by atoms with E-state index in [-0.39, 0.29) is 0 Å². The van der Waals surface area contributed by atoms with Gasteiger partial charge in [-0.25, -0.2) is 4.98 Å². The molecule has 0 saturated carbocycles. The summed E-state index contributed by atoms with van der Waals surface area (Å²) in [5.41, 5.74) is 0.705. The lowest BCUT2D eigenvalue weighted by molar-refractivity contribution is 0.173. The van der Waals surface area contributed by atoms with Crippen molar-refractivity contribution in [1.29, 1.82) is 0 Å². The van der Waals surface area contributed by atoms with Gasteiger partial charge in [0.1, 0.15) is 5.15 Å². The molecule has 0 radical (unpaired) electrons. The van der Waals surface area contributed by atoms with Crippen molar-refractivity contribution in [3.8, 4) is 0 Å². The van der Waals surface area contributed by atoms with Crippen LogP contribution in [0.15, 0.2) is 18.3 Å². The number of aliphatic hydroxyl groups is 1. The van der Waals surface area contributed by atoms with Crippen LogP contribution in [0, 0.1) is 0 Å². The van der Waals surface area contributed by atoms with Gasteiger partial charge in [0.15, 0.2) is 0 Å². The summed E-state index contributed by atoms with van der Waals surface area (Å²) in [4.78, 5) is 3.85. The number of hydrogen-bond donors (Lipinski definition) is 1. The van der Waals surface area contributed by atoms with Crippen molar-refractivity contribution in [3.05, 3.63) is 29.0 Å². The second-order valence-corrected chi connectivity index (χ2v) is 2.67. The number of aliphatic hydroxyl groups excluding tert-OH is 1. The minimum absolute atomic E-state index is 0.391. The molecule has 1 unspecified atom stereocenters. The van der Waals surface area contributed by atoms with E-state index < -0.39 is 6.10 Å². The van der Waals surface area contributed by atoms with E-state index in [9.17, 15) is 5.11 Å². The molecule has 0 spiro atoms. The zero-order chi connectivity index (χ0) is 8.27. The van der Waals surface area contributed by atoms with Gasteiger partial charge >= 0.3 is 0 Å². The SMILES string of the molecule is CCC(O)c1cccnc1Cl. The van der Waals surface area contributed by atoms with E-state index in [2.05, 4.69) is 4.98 Å². The fourth-order valence-corrected chi connectivity index (χ4v) is 1.11. The second kappa shape index (κ2) is 3.69. The second-order valence-electron chi connectivity index (χ2n) is 2.31. The highest BCUT2D eigenvalue weighted by Crippen LogP contribution is 2.21. The van der Waals surface area contributed by atoms with Crippen LogP contribution in [0.5, 0.6) is 0 Å². The molecule has 0 fully saturated rings. The van der Waals surface area contributed by atoms with Crippen molar-refractivity contribution in [2.45, 2.75) is 19.4 Å². The molecule has 0 amide bonds. The van der Waals surface area contributed by atoms with Crippen LogP contribution in [0.2, 0.25) is 5.15 Å². The summed E-state index contributed by atoms with van der Waals surface area (Å²) in [6.07, 6.45) is 1.77. The van der Waals surface area contributed by atoms with Crippen molar-refractivity contribution in [1.82, 2.24) is 4.98 Å². The molecule has 0 aromatic carbocycles. The summed E-state index contributed by atoms with van der Waals surface area (Å²) < 4.78 is 0. The highest BCUT2D eigenvalue weighted by Gasteiger charge is 2.08. The summed E-state index contributed by atoms with van der Waals surface area (Å²) in [6.45, 7) is 1.90. The van der Waals surface area contributed by atoms with Crippen LogP contribution in [0.25, 0.3) is 0 Å². The third-order valence-corrected chi connectivity index (χ3v) is 1.85. The maximum atomic E-state index is 9.39. The van der Waals surface area contributed by atoms with Crippen LogP contribution >= 0.6 is 11.6 Å². The Bertz CT molecular complexity index is 239. The first-order valence-electron chi connectivity index (χ1n) is 3.54. The quantitative estimate of drug-likeness (QED) is 0.692. The maximum absolute atomic E-state index is 9.39. The molecule has 1 heterocycles. The van der Waals surface area contributed by atoms with Gasteiger partial charge in [0, 0.05) is 11.8 Å². The highest BCUT2D eigenvalue weighted by atomic mass is 35.5. The molecular formula is C8H10ClNO. The molecule has 1 aromatic rings. The molecule has 11 heavy (non-hydrogen) atoms. The van der Waals surface area contributed by atoms with Gasteiger partial charge in [0.2, 0.25) is 0 Å². The van der Waals surface area contributed by atoms with E-state index in [1.54, 1.807) is 18.3 Å². The Balaban J connectivity index is 2.93. The average Bonchev–Trinajstić information content (AvgIpc) is 2.04. The first kappa shape index (κ1) is 8.50. The lowest BCUT2D eigenvalue weighted by Gasteiger charge is -2.07. The lowest BCUT2D eigenvalue weighted by Crippen LogP contribution is -1.96. The Hall–Kier alpha value is -0.600. The first-order chi connectivity index (χ1) is 5.25. The Morgan fingerprint density at radius 2 is 2.45 bits per heavy atom. The van der Waals surface area contributed by atoms with E-state index in [1.807, 2.05) is 6.92 Å². The fourth-order valence-electron chi connectivity index (χ4n) is 0.867. The van der Waals surface area contributed by atoms with E-state index in [0.717, 1.165) is 0 Å². The van der Waals surface area contributed by atoms with Gasteiger partial charge in [-0.15, -0.1) is 0 Å². The Labute approximate surface area is 70.8 Å². The van der Waals surface area contributed by atoms with E-state index in [1.165, 1.54) is 0 Å². The number of hydrogen-bond acceptors (Lipinski definition) is 2. The Morgan fingerprint density at radius 3 is 3.00 bits per heavy atom. The van der Waals surface area contributed by atoms with Crippen molar-refractivity contribution in [2.75, 3.05) is 0 Å². The Morgan fingerprint density at radius 1 is 1.73 bits per heavy atom. The number of pyridine rings is 1. The zero-order valence-corrected chi connectivity index (χ0v) is 7.04. The number of rotatable bonds is 2. The molecule has 2 nitrogen and oxygen atoms in total. The first-order valence-corrected chi connectivity index (χ1v) is 3.92. The van der Waals surface area contributed by atoms with E-state index in [4.69, 9.17) is 11.6 Å². The van der Waals surface area contributed by atoms with Crippen LogP contribution in [-0.4, -0.2) is 10.1 Å². The molecule has 0 bridgehead atoms. The minimum atomic E-state index is -0.490. The molecule has 0 aliphatic carbocycles. The van der Waals surface area contributed by atoms with Gasteiger partial charge in [-0.1, -0.05) is 24.6 Å². The van der Waals surface area contributed by atoms with Crippen LogP contribution < -0.4 is 0 Å². The molecule has 3 heteroatoms. The predicted molar refractivity (Wildman–Crippen MR) is 44.5 cm³/mol. The Kier molecular flexibility index (Phi) is 2.85. The molecule has 0 aliphatic heterocycles. The molecule has 0 aliphatic rings. The molecule has 0 saturated heterocycles. The van der Waals surface area contributed by atoms with Crippen molar-refractivity contribution >= 4 is 11.6 Å². The zero-order valence-electron chi connectivity index (χ0n) is 6.29. The molecule has 1 atom stereocenters. The van der Waals surface area contributed by atoms with Crippen LogP contribution in [0.3, 0.4) is 0 Å². The summed E-state index contributed by atoms with van der Waals surface area (Å²) in [5.74, 6) is 0. The van der Waals surface area contributed by atoms with Crippen molar-refractivity contribution < 1.29 is 5.11 Å². The summed E-state index contributed by atoms with van der Waals surface area (Å²) in [7, 11) is 0. The topological polar surface area (TPSA) is 33.1 Å². The molecule has 1 N–H and O–H groups in total. The van der Waals surface area contributed by atoms with Gasteiger partial charge in [-0.2, -0.15) is 0 Å². The summed E-state index contributed by atoms with van der Waals surface area (Å²) in [5, 5.41) is 9.78. The van der Waals surface area contributed by atoms with Crippen LogP contribution in [0.1, 0.15) is 25.0 Å². The van der Waals surface area contributed by atoms with Crippen molar-refractivity contribution in [3.63, 3.8) is 0 Å². The smallest absolute Gasteiger partial charge is 0.134 e. The lowest BCUT2D eigenvalue weighted by atomic mass is 10.1. The monoisotopic (exact) mass is 171 g/mol. The van der Waals surface area contributed by atoms with Gasteiger partial charge in [0.25, 0.3) is 0 Å². The third-order valence-electron chi connectivity index (χ3n) is 1.53. The summed E-state index contributed by atoms with van der Waals surface area (Å²) in [6, 6.07) is 3.55. The van der Waals surface area contributed by atoms with Gasteiger partial charge < -0.3 is 5.11 Å². The van der Waals surface area contributed by atoms with Crippen LogP contribution in [0.4, 0.5) is 0 Å². The predicted octanol–water partition coefficient (Wildman–Crippen LogP) is 2.18. The van der Waals surface area contributed by atoms with Gasteiger partial charge in [0.05, 0.1) is 6.10 Å². The van der Waals surface area contributed by atoms with E-state index >= 15 is 0 Å². The number of aromatic nitrogens is 1. The normalized spacial score (nSPS) is 13.0. The highest BCUT2D eigenvalue weighted by molar-refractivity contribution is 6.30. The van der Waals surface area contributed by atoms with E-state index in [0.29, 0.717) is 17.1 Å². The minimum Gasteiger partial charge on any atom is -0.388 e. The fraction of sp³-hybridized carbons (Fsp3) is 0.375. The molecule has 1 rings (SSSR count). The average molecular weight is 172 g/mol. The number of nitrogens with zero attached hydrogens (tertiary/aromatic N) is 1. The third kappa shape index (κ3) is 1.91. The standard InChI is InChI=1S/C8H10ClNO/c1-2-7(11)6-4-3-5-10-8(6)9/h3-5,7,11H,2H2,1H3. The molecule has 1 aromatic heterocycles. The molecular weight excluding hydrogens is 162 g/mol. The van der Waals surface area contributed by atoms with Crippen LogP contribution in [-0.2, 0) is 0 Å². The molecule has 60 valence electrons. The largest absolute Gasteiger partial charge is 0.388 e. The summed E-state index contributed by atoms with van der Waals surface area (Å²) >= 11 is 5.73.